The van der Waals surface area contributed by atoms with Crippen LogP contribution >= 0.6 is 0 Å². The summed E-state index contributed by atoms with van der Waals surface area (Å²) in [5.41, 5.74) is 1.38. The number of morpholine rings is 1. The number of hydrogen-bond donors (Lipinski definition) is 1. The number of fused-ring (bicyclic) bond motifs is 3. The van der Waals surface area contributed by atoms with E-state index in [0.717, 1.165) is 75.9 Å². The fourth-order valence-corrected chi connectivity index (χ4v) is 5.44. The monoisotopic (exact) mass is 533 g/mol. The number of carbonyl (C=O) groups excluding carboxylic acids is 1. The normalized spacial score (nSPS) is 17.9. The summed E-state index contributed by atoms with van der Waals surface area (Å²) in [5, 5.41) is 4.31. The van der Waals surface area contributed by atoms with E-state index in [1.54, 1.807) is 19.4 Å². The number of amides is 1. The van der Waals surface area contributed by atoms with Gasteiger partial charge in [-0.25, -0.2) is 9.97 Å². The molecule has 0 spiro atoms. The van der Waals surface area contributed by atoms with Gasteiger partial charge in [-0.05, 0) is 43.5 Å². The molecule has 1 N–H and O–H groups in total. The predicted octanol–water partition coefficient (Wildman–Crippen LogP) is 2.31. The van der Waals surface area contributed by atoms with Gasteiger partial charge < -0.3 is 24.4 Å². The number of methoxy groups -OCH3 is 1. The second-order valence-corrected chi connectivity index (χ2v) is 10.0. The highest BCUT2D eigenvalue weighted by atomic mass is 16.5. The average molecular weight is 534 g/mol. The number of rotatable bonds is 8. The van der Waals surface area contributed by atoms with Crippen molar-refractivity contribution in [2.75, 3.05) is 76.4 Å². The third kappa shape index (κ3) is 5.41. The van der Waals surface area contributed by atoms with Crippen molar-refractivity contribution in [3.63, 3.8) is 0 Å². The maximum absolute atomic E-state index is 13.1. The summed E-state index contributed by atoms with van der Waals surface area (Å²) in [5.74, 6) is 2.55. The lowest BCUT2D eigenvalue weighted by Crippen LogP contribution is -2.37. The van der Waals surface area contributed by atoms with Crippen molar-refractivity contribution in [2.45, 2.75) is 25.8 Å². The Morgan fingerprint density at radius 3 is 2.72 bits per heavy atom. The topological polar surface area (TPSA) is 106 Å². The van der Waals surface area contributed by atoms with E-state index in [2.05, 4.69) is 25.1 Å². The second kappa shape index (κ2) is 11.6. The van der Waals surface area contributed by atoms with Crippen LogP contribution in [0.3, 0.4) is 0 Å². The molecule has 1 amide bonds. The van der Waals surface area contributed by atoms with Gasteiger partial charge >= 0.3 is 0 Å². The Morgan fingerprint density at radius 2 is 1.95 bits per heavy atom. The van der Waals surface area contributed by atoms with Crippen molar-refractivity contribution in [2.24, 2.45) is 4.99 Å². The summed E-state index contributed by atoms with van der Waals surface area (Å²) in [7, 11) is 1.61. The summed E-state index contributed by atoms with van der Waals surface area (Å²) in [6.45, 7) is 8.43. The van der Waals surface area contributed by atoms with Crippen molar-refractivity contribution in [3.8, 4) is 11.5 Å². The minimum absolute atomic E-state index is 0.332. The van der Waals surface area contributed by atoms with Crippen LogP contribution in [0.5, 0.6) is 11.5 Å². The third-order valence-electron chi connectivity index (χ3n) is 7.51. The fraction of sp³-hybridized carbons (Fsp3) is 0.500. The SMILES string of the molecule is COc1c(OCCCN2CCOCC2)ccc2c3n(c(=NC(=O)c4ccc(N5CCCC5)nc4)nc12)CCN3. The van der Waals surface area contributed by atoms with Gasteiger partial charge in [0.2, 0.25) is 5.62 Å². The first-order valence-electron chi connectivity index (χ1n) is 13.8. The molecule has 3 aliphatic heterocycles. The number of carbonyl (C=O) groups is 1. The molecule has 0 aliphatic carbocycles. The lowest BCUT2D eigenvalue weighted by molar-refractivity contribution is 0.0357. The third-order valence-corrected chi connectivity index (χ3v) is 7.51. The molecule has 39 heavy (non-hydrogen) atoms. The molecule has 0 bridgehead atoms. The van der Waals surface area contributed by atoms with Crippen LogP contribution in [0.1, 0.15) is 29.6 Å². The molecule has 2 fully saturated rings. The summed E-state index contributed by atoms with van der Waals surface area (Å²) in [4.78, 5) is 31.5. The highest BCUT2D eigenvalue weighted by Crippen LogP contribution is 2.37. The number of hydrogen-bond acceptors (Lipinski definition) is 9. The van der Waals surface area contributed by atoms with E-state index in [0.29, 0.717) is 41.3 Å². The minimum Gasteiger partial charge on any atom is -0.491 e. The molecule has 206 valence electrons. The summed E-state index contributed by atoms with van der Waals surface area (Å²) in [6, 6.07) is 7.60. The van der Waals surface area contributed by atoms with Crippen molar-refractivity contribution >= 4 is 28.4 Å². The van der Waals surface area contributed by atoms with Gasteiger partial charge in [-0.15, -0.1) is 0 Å². The van der Waals surface area contributed by atoms with E-state index in [4.69, 9.17) is 19.2 Å². The molecule has 0 atom stereocenters. The predicted molar refractivity (Wildman–Crippen MR) is 148 cm³/mol. The Morgan fingerprint density at radius 1 is 1.10 bits per heavy atom. The minimum atomic E-state index is -0.376. The molecular weight excluding hydrogens is 498 g/mol. The number of anilines is 2. The fourth-order valence-electron chi connectivity index (χ4n) is 5.44. The van der Waals surface area contributed by atoms with E-state index in [9.17, 15) is 4.79 Å². The van der Waals surface area contributed by atoms with E-state index >= 15 is 0 Å². The van der Waals surface area contributed by atoms with E-state index in [1.807, 2.05) is 22.8 Å². The molecule has 0 unspecified atom stereocenters. The molecule has 11 nitrogen and oxygen atoms in total. The Bertz CT molecular complexity index is 1390. The van der Waals surface area contributed by atoms with Gasteiger partial charge in [-0.3, -0.25) is 14.3 Å². The number of benzene rings is 1. The molecule has 6 rings (SSSR count). The number of nitrogens with one attached hydrogen (secondary N) is 1. The Hall–Kier alpha value is -3.70. The highest BCUT2D eigenvalue weighted by molar-refractivity contribution is 5.96. The highest BCUT2D eigenvalue weighted by Gasteiger charge is 2.21. The van der Waals surface area contributed by atoms with Crippen molar-refractivity contribution in [1.29, 1.82) is 0 Å². The van der Waals surface area contributed by atoms with Gasteiger partial charge in [-0.1, -0.05) is 0 Å². The quantitative estimate of drug-likeness (QED) is 0.437. The molecule has 2 aromatic heterocycles. The first kappa shape index (κ1) is 25.6. The van der Waals surface area contributed by atoms with Crippen molar-refractivity contribution in [3.05, 3.63) is 41.6 Å². The zero-order valence-corrected chi connectivity index (χ0v) is 22.4. The lowest BCUT2D eigenvalue weighted by Gasteiger charge is -2.26. The molecule has 0 saturated carbocycles. The van der Waals surface area contributed by atoms with Crippen molar-refractivity contribution < 1.29 is 19.0 Å². The van der Waals surface area contributed by atoms with E-state index in [1.165, 1.54) is 12.8 Å². The number of ether oxygens (including phenoxy) is 3. The number of nitrogens with zero attached hydrogens (tertiary/aromatic N) is 6. The van der Waals surface area contributed by atoms with Gasteiger partial charge in [0, 0.05) is 57.4 Å². The summed E-state index contributed by atoms with van der Waals surface area (Å²) >= 11 is 0. The summed E-state index contributed by atoms with van der Waals surface area (Å²) < 4.78 is 19.3. The smallest absolute Gasteiger partial charge is 0.281 e. The second-order valence-electron chi connectivity index (χ2n) is 10.0. The molecule has 11 heteroatoms. The Kier molecular flexibility index (Phi) is 7.60. The largest absolute Gasteiger partial charge is 0.491 e. The van der Waals surface area contributed by atoms with Crippen LogP contribution in [0.15, 0.2) is 35.5 Å². The maximum Gasteiger partial charge on any atom is 0.281 e. The van der Waals surface area contributed by atoms with Crippen LogP contribution in [0, 0.1) is 0 Å². The van der Waals surface area contributed by atoms with Gasteiger partial charge in [0.15, 0.2) is 11.5 Å². The molecule has 0 radical (unpaired) electrons. The molecule has 1 aromatic carbocycles. The Balaban J connectivity index is 1.26. The average Bonchev–Trinajstić information content (AvgIpc) is 3.69. The first-order chi connectivity index (χ1) is 19.2. The Labute approximate surface area is 227 Å². The molecule has 5 heterocycles. The first-order valence-corrected chi connectivity index (χ1v) is 13.8. The lowest BCUT2D eigenvalue weighted by atomic mass is 10.2. The van der Waals surface area contributed by atoms with E-state index in [-0.39, 0.29) is 5.91 Å². The van der Waals surface area contributed by atoms with Crippen LogP contribution in [0.4, 0.5) is 11.6 Å². The van der Waals surface area contributed by atoms with Gasteiger partial charge in [0.25, 0.3) is 5.91 Å². The molecule has 3 aromatic rings. The maximum atomic E-state index is 13.1. The van der Waals surface area contributed by atoms with Crippen LogP contribution in [-0.2, 0) is 11.3 Å². The van der Waals surface area contributed by atoms with Gasteiger partial charge in [0.05, 0.1) is 32.5 Å². The van der Waals surface area contributed by atoms with Crippen LogP contribution in [-0.4, -0.2) is 91.5 Å². The summed E-state index contributed by atoms with van der Waals surface area (Å²) in [6.07, 6.45) is 4.85. The standard InChI is InChI=1S/C28H35N7O4/c1-37-25-22(39-16-4-10-33-14-17-38-18-15-33)7-6-21-24(25)31-28(35-13-9-29-26(21)35)32-27(36)20-5-8-23(30-19-20)34-11-2-3-12-34/h5-8,19,29H,2-4,9-18H2,1H3. The molecule has 2 saturated heterocycles. The molecule has 3 aliphatic rings. The molecular formula is C28H35N7O4. The zero-order chi connectivity index (χ0) is 26.6. The van der Waals surface area contributed by atoms with Crippen LogP contribution < -0.4 is 25.3 Å². The number of aromatic nitrogens is 3. The van der Waals surface area contributed by atoms with Gasteiger partial charge in [-0.2, -0.15) is 4.99 Å². The van der Waals surface area contributed by atoms with Crippen molar-refractivity contribution in [1.82, 2.24) is 19.4 Å². The van der Waals surface area contributed by atoms with Crippen LogP contribution in [0.2, 0.25) is 0 Å². The number of pyridine rings is 1. The van der Waals surface area contributed by atoms with Gasteiger partial charge in [0.1, 0.15) is 17.2 Å². The van der Waals surface area contributed by atoms with Crippen LogP contribution in [0.25, 0.3) is 10.9 Å². The zero-order valence-electron chi connectivity index (χ0n) is 22.4. The van der Waals surface area contributed by atoms with E-state index < -0.39 is 0 Å².